The molecule has 0 aliphatic rings. The third kappa shape index (κ3) is 2.38. The van der Waals surface area contributed by atoms with Crippen LogP contribution in [-0.4, -0.2) is 27.6 Å². The van der Waals surface area contributed by atoms with Crippen LogP contribution < -0.4 is 4.74 Å². The molecule has 0 aliphatic heterocycles. The Morgan fingerprint density at radius 1 is 1.43 bits per heavy atom. The molecule has 2 heterocycles. The van der Waals surface area contributed by atoms with Crippen LogP contribution in [0.3, 0.4) is 0 Å². The van der Waals surface area contributed by atoms with E-state index >= 15 is 0 Å². The van der Waals surface area contributed by atoms with E-state index < -0.39 is 5.97 Å². The highest BCUT2D eigenvalue weighted by Crippen LogP contribution is 2.28. The highest BCUT2D eigenvalue weighted by atomic mass is 32.1. The van der Waals surface area contributed by atoms with Gasteiger partial charge >= 0.3 is 5.97 Å². The zero-order chi connectivity index (χ0) is 15.0. The number of methoxy groups -OCH3 is 1. The lowest BCUT2D eigenvalue weighted by Crippen LogP contribution is -1.96. The molecular formula is C15H14N2O3S. The predicted octanol–water partition coefficient (Wildman–Crippen LogP) is 3.00. The van der Waals surface area contributed by atoms with E-state index in [1.807, 2.05) is 35.6 Å². The van der Waals surface area contributed by atoms with Crippen molar-refractivity contribution in [2.75, 3.05) is 7.11 Å². The van der Waals surface area contributed by atoms with E-state index in [0.29, 0.717) is 4.96 Å². The fourth-order valence-corrected chi connectivity index (χ4v) is 3.41. The van der Waals surface area contributed by atoms with Crippen molar-refractivity contribution in [2.24, 2.45) is 0 Å². The Kier molecular flexibility index (Phi) is 3.39. The van der Waals surface area contributed by atoms with Gasteiger partial charge in [-0.25, -0.2) is 9.78 Å². The van der Waals surface area contributed by atoms with E-state index in [9.17, 15) is 4.79 Å². The lowest BCUT2D eigenvalue weighted by atomic mass is 10.1. The number of para-hydroxylation sites is 1. The first-order chi connectivity index (χ1) is 10.1. The molecule has 2 aromatic heterocycles. The molecule has 0 radical (unpaired) electrons. The molecule has 0 saturated carbocycles. The fraction of sp³-hybridized carbons (Fsp3) is 0.200. The van der Waals surface area contributed by atoms with Gasteiger partial charge in [0.1, 0.15) is 5.75 Å². The van der Waals surface area contributed by atoms with E-state index in [-0.39, 0.29) is 5.69 Å². The molecule has 0 unspecified atom stereocenters. The van der Waals surface area contributed by atoms with Gasteiger partial charge in [0.05, 0.1) is 7.11 Å². The van der Waals surface area contributed by atoms with Gasteiger partial charge in [-0.15, -0.1) is 11.3 Å². The second-order valence-electron chi connectivity index (χ2n) is 4.68. The Morgan fingerprint density at radius 2 is 2.19 bits per heavy atom. The predicted molar refractivity (Wildman–Crippen MR) is 80.6 cm³/mol. The molecule has 3 aromatic rings. The molecule has 0 atom stereocenters. The van der Waals surface area contributed by atoms with Crippen molar-refractivity contribution >= 4 is 22.3 Å². The van der Waals surface area contributed by atoms with Gasteiger partial charge < -0.3 is 9.84 Å². The van der Waals surface area contributed by atoms with Crippen LogP contribution >= 0.6 is 11.3 Å². The highest BCUT2D eigenvalue weighted by Gasteiger charge is 2.16. The average Bonchev–Trinajstić information content (AvgIpc) is 3.01. The summed E-state index contributed by atoms with van der Waals surface area (Å²) in [5.74, 6) is -0.147. The molecule has 0 fully saturated rings. The maximum absolute atomic E-state index is 11.0. The van der Waals surface area contributed by atoms with Crippen molar-refractivity contribution < 1.29 is 14.6 Å². The third-order valence-electron chi connectivity index (χ3n) is 3.42. The molecule has 0 aliphatic carbocycles. The zero-order valence-corrected chi connectivity index (χ0v) is 12.5. The summed E-state index contributed by atoms with van der Waals surface area (Å²) in [7, 11) is 1.66. The monoisotopic (exact) mass is 302 g/mol. The van der Waals surface area contributed by atoms with Gasteiger partial charge in [0.25, 0.3) is 0 Å². The summed E-state index contributed by atoms with van der Waals surface area (Å²) in [6, 6.07) is 7.89. The van der Waals surface area contributed by atoms with Crippen LogP contribution in [-0.2, 0) is 6.42 Å². The van der Waals surface area contributed by atoms with Crippen molar-refractivity contribution in [2.45, 2.75) is 13.3 Å². The molecule has 21 heavy (non-hydrogen) atoms. The van der Waals surface area contributed by atoms with Gasteiger partial charge in [0.15, 0.2) is 10.7 Å². The number of thiazole rings is 1. The minimum absolute atomic E-state index is 0.0770. The van der Waals surface area contributed by atoms with Crippen LogP contribution in [0.2, 0.25) is 0 Å². The number of ether oxygens (including phenoxy) is 1. The van der Waals surface area contributed by atoms with E-state index in [4.69, 9.17) is 9.84 Å². The number of rotatable bonds is 4. The second-order valence-corrected chi connectivity index (χ2v) is 5.75. The maximum atomic E-state index is 11.0. The quantitative estimate of drug-likeness (QED) is 0.804. The van der Waals surface area contributed by atoms with Gasteiger partial charge in [-0.3, -0.25) is 4.40 Å². The molecule has 1 N–H and O–H groups in total. The van der Waals surface area contributed by atoms with E-state index in [1.54, 1.807) is 13.3 Å². The largest absolute Gasteiger partial charge is 0.496 e. The second kappa shape index (κ2) is 5.21. The highest BCUT2D eigenvalue weighted by molar-refractivity contribution is 7.17. The van der Waals surface area contributed by atoms with Gasteiger partial charge in [0, 0.05) is 23.2 Å². The van der Waals surface area contributed by atoms with Crippen LogP contribution in [0.4, 0.5) is 0 Å². The standard InChI is InChI=1S/C15H14N2O3S/c1-9-13(7-10-5-3-4-6-12(10)20-2)21-15-16-11(14(18)19)8-17(9)15/h3-6,8H,7H2,1-2H3,(H,18,19). The fourth-order valence-electron chi connectivity index (χ4n) is 2.28. The first-order valence-corrected chi connectivity index (χ1v) is 7.24. The number of imidazole rings is 1. The average molecular weight is 302 g/mol. The van der Waals surface area contributed by atoms with Gasteiger partial charge in [0.2, 0.25) is 0 Å². The topological polar surface area (TPSA) is 63.8 Å². The number of aryl methyl sites for hydroxylation is 1. The van der Waals surface area contributed by atoms with Gasteiger partial charge in [-0.2, -0.15) is 0 Å². The number of carbonyl (C=O) groups is 1. The van der Waals surface area contributed by atoms with Crippen LogP contribution in [0.25, 0.3) is 4.96 Å². The number of nitrogens with zero attached hydrogens (tertiary/aromatic N) is 2. The molecule has 108 valence electrons. The molecule has 0 spiro atoms. The SMILES string of the molecule is COc1ccccc1Cc1sc2nc(C(=O)O)cn2c1C. The van der Waals surface area contributed by atoms with Crippen LogP contribution in [0, 0.1) is 6.92 Å². The van der Waals surface area contributed by atoms with Gasteiger partial charge in [-0.05, 0) is 18.6 Å². The normalized spacial score (nSPS) is 11.0. The number of aromatic nitrogens is 2. The summed E-state index contributed by atoms with van der Waals surface area (Å²) in [4.78, 5) is 16.9. The van der Waals surface area contributed by atoms with E-state index in [2.05, 4.69) is 4.98 Å². The Hall–Kier alpha value is -2.34. The van der Waals surface area contributed by atoms with Crippen molar-refractivity contribution in [3.63, 3.8) is 0 Å². The lowest BCUT2D eigenvalue weighted by molar-refractivity contribution is 0.0691. The first kappa shape index (κ1) is 13.6. The van der Waals surface area contributed by atoms with Crippen molar-refractivity contribution in [1.82, 2.24) is 9.38 Å². The molecule has 5 nitrogen and oxygen atoms in total. The molecule has 6 heteroatoms. The Bertz CT molecular complexity index is 820. The lowest BCUT2D eigenvalue weighted by Gasteiger charge is -2.07. The minimum atomic E-state index is -1.00. The summed E-state index contributed by atoms with van der Waals surface area (Å²) < 4.78 is 7.20. The van der Waals surface area contributed by atoms with E-state index in [0.717, 1.165) is 28.3 Å². The van der Waals surface area contributed by atoms with E-state index in [1.165, 1.54) is 11.3 Å². The summed E-state index contributed by atoms with van der Waals surface area (Å²) in [6.45, 7) is 1.97. The van der Waals surface area contributed by atoms with Crippen molar-refractivity contribution in [1.29, 1.82) is 0 Å². The first-order valence-electron chi connectivity index (χ1n) is 6.42. The molecule has 0 amide bonds. The molecule has 1 aromatic carbocycles. The molecule has 0 saturated heterocycles. The Labute approximate surface area is 125 Å². The number of aromatic carboxylic acids is 1. The molecular weight excluding hydrogens is 288 g/mol. The summed E-state index contributed by atoms with van der Waals surface area (Å²) >= 11 is 1.51. The van der Waals surface area contributed by atoms with Gasteiger partial charge in [-0.1, -0.05) is 18.2 Å². The number of carboxylic acids is 1. The van der Waals surface area contributed by atoms with Crippen LogP contribution in [0.15, 0.2) is 30.5 Å². The van der Waals surface area contributed by atoms with Crippen LogP contribution in [0.1, 0.15) is 26.6 Å². The number of benzene rings is 1. The summed E-state index contributed by atoms with van der Waals surface area (Å²) in [6.07, 6.45) is 2.31. The minimum Gasteiger partial charge on any atom is -0.496 e. The number of carboxylic acid groups (broad SMARTS) is 1. The smallest absolute Gasteiger partial charge is 0.356 e. The number of hydrogen-bond donors (Lipinski definition) is 1. The van der Waals surface area contributed by atoms with Crippen molar-refractivity contribution in [3.8, 4) is 5.75 Å². The Morgan fingerprint density at radius 3 is 2.86 bits per heavy atom. The maximum Gasteiger partial charge on any atom is 0.356 e. The Balaban J connectivity index is 1.99. The van der Waals surface area contributed by atoms with Crippen molar-refractivity contribution in [3.05, 3.63) is 52.3 Å². The number of fused-ring (bicyclic) bond motifs is 1. The summed E-state index contributed by atoms with van der Waals surface area (Å²) in [5, 5.41) is 8.98. The summed E-state index contributed by atoms with van der Waals surface area (Å²) in [5.41, 5.74) is 2.19. The molecule has 3 rings (SSSR count). The third-order valence-corrected chi connectivity index (χ3v) is 4.57. The molecule has 0 bridgehead atoms. The zero-order valence-electron chi connectivity index (χ0n) is 11.7. The van der Waals surface area contributed by atoms with Crippen LogP contribution in [0.5, 0.6) is 5.75 Å². The number of hydrogen-bond acceptors (Lipinski definition) is 4.